The Hall–Kier alpha value is -3.12. The van der Waals surface area contributed by atoms with Crippen LogP contribution in [-0.4, -0.2) is 26.9 Å². The number of benzene rings is 2. The van der Waals surface area contributed by atoms with Crippen molar-refractivity contribution in [2.24, 2.45) is 11.7 Å². The van der Waals surface area contributed by atoms with Crippen LogP contribution in [0.4, 0.5) is 5.69 Å². The van der Waals surface area contributed by atoms with E-state index in [1.807, 2.05) is 50.4 Å². The van der Waals surface area contributed by atoms with Crippen LogP contribution in [0.3, 0.4) is 0 Å². The predicted molar refractivity (Wildman–Crippen MR) is 113 cm³/mol. The quantitative estimate of drug-likeness (QED) is 0.410. The minimum atomic E-state index is -0.514. The Morgan fingerprint density at radius 2 is 2.04 bits per heavy atom. The van der Waals surface area contributed by atoms with E-state index in [-0.39, 0.29) is 11.8 Å². The van der Waals surface area contributed by atoms with Gasteiger partial charge in [0.05, 0.1) is 17.1 Å². The molecule has 2 atom stereocenters. The fraction of sp³-hybridized carbons (Fsp3) is 0.273. The zero-order valence-electron chi connectivity index (χ0n) is 16.1. The third-order valence-electron chi connectivity index (χ3n) is 5.39. The minimum Gasteiger partial charge on any atom is -0.361 e. The SMILES string of the molecule is CC[C@@H](C)[C@H](N)C(=O)Nc1ccc2nc(Cc3c[nH]c4ccccc34)[nH]c2c1. The standard InChI is InChI=1S/C22H25N5O/c1-3-13(2)21(23)22(28)25-15-8-9-18-19(11-15)27-20(26-18)10-14-12-24-17-7-5-4-6-16(14)17/h4-9,11-13,21,24H,3,10,23H2,1-2H3,(H,25,28)(H,26,27)/t13-,21+/m1/s1. The van der Waals surface area contributed by atoms with Crippen molar-refractivity contribution in [1.82, 2.24) is 15.0 Å². The van der Waals surface area contributed by atoms with Crippen LogP contribution in [0.2, 0.25) is 0 Å². The Bertz CT molecular complexity index is 1130. The largest absolute Gasteiger partial charge is 0.361 e. The Morgan fingerprint density at radius 3 is 2.86 bits per heavy atom. The highest BCUT2D eigenvalue weighted by Gasteiger charge is 2.19. The fourth-order valence-corrected chi connectivity index (χ4v) is 3.42. The summed E-state index contributed by atoms with van der Waals surface area (Å²) >= 11 is 0. The lowest BCUT2D eigenvalue weighted by molar-refractivity contribution is -0.118. The van der Waals surface area contributed by atoms with Crippen molar-refractivity contribution in [2.75, 3.05) is 5.32 Å². The third kappa shape index (κ3) is 3.51. The van der Waals surface area contributed by atoms with Gasteiger partial charge in [-0.05, 0) is 35.7 Å². The number of nitrogens with one attached hydrogen (secondary N) is 3. The van der Waals surface area contributed by atoms with Gasteiger partial charge >= 0.3 is 0 Å². The summed E-state index contributed by atoms with van der Waals surface area (Å²) in [5, 5.41) is 4.11. The number of aromatic amines is 2. The molecular formula is C22H25N5O. The van der Waals surface area contributed by atoms with E-state index < -0.39 is 6.04 Å². The molecule has 28 heavy (non-hydrogen) atoms. The maximum atomic E-state index is 12.3. The maximum absolute atomic E-state index is 12.3. The fourth-order valence-electron chi connectivity index (χ4n) is 3.42. The lowest BCUT2D eigenvalue weighted by Crippen LogP contribution is -2.40. The molecule has 0 spiro atoms. The van der Waals surface area contributed by atoms with Gasteiger partial charge in [-0.3, -0.25) is 4.79 Å². The number of nitrogens with two attached hydrogens (primary N) is 1. The van der Waals surface area contributed by atoms with Crippen LogP contribution in [0.1, 0.15) is 31.7 Å². The van der Waals surface area contributed by atoms with Gasteiger partial charge < -0.3 is 21.0 Å². The molecule has 0 unspecified atom stereocenters. The summed E-state index contributed by atoms with van der Waals surface area (Å²) in [5.41, 5.74) is 10.8. The van der Waals surface area contributed by atoms with Crippen LogP contribution >= 0.6 is 0 Å². The van der Waals surface area contributed by atoms with E-state index >= 15 is 0 Å². The summed E-state index contributed by atoms with van der Waals surface area (Å²) in [6.07, 6.45) is 3.60. The number of H-pyrrole nitrogens is 2. The number of hydrogen-bond donors (Lipinski definition) is 4. The van der Waals surface area contributed by atoms with Gasteiger partial charge in [-0.2, -0.15) is 0 Å². The van der Waals surface area contributed by atoms with E-state index in [0.717, 1.165) is 34.5 Å². The number of rotatable bonds is 6. The normalized spacial score (nSPS) is 13.7. The van der Waals surface area contributed by atoms with Crippen molar-refractivity contribution < 1.29 is 4.79 Å². The van der Waals surface area contributed by atoms with Crippen molar-refractivity contribution >= 4 is 33.5 Å². The number of nitrogens with zero attached hydrogens (tertiary/aromatic N) is 1. The van der Waals surface area contributed by atoms with Gasteiger partial charge in [0.2, 0.25) is 5.91 Å². The van der Waals surface area contributed by atoms with E-state index in [1.165, 1.54) is 10.9 Å². The first-order chi connectivity index (χ1) is 13.5. The van der Waals surface area contributed by atoms with Crippen LogP contribution in [-0.2, 0) is 11.2 Å². The molecule has 0 bridgehead atoms. The Kier molecular flexibility index (Phi) is 4.88. The number of imidazole rings is 1. The summed E-state index contributed by atoms with van der Waals surface area (Å²) in [5.74, 6) is 0.866. The van der Waals surface area contributed by atoms with E-state index in [2.05, 4.69) is 32.4 Å². The molecule has 144 valence electrons. The summed E-state index contributed by atoms with van der Waals surface area (Å²) in [6.45, 7) is 4.02. The second kappa shape index (κ2) is 7.48. The highest BCUT2D eigenvalue weighted by atomic mass is 16.2. The molecule has 4 rings (SSSR count). The number of amides is 1. The van der Waals surface area contributed by atoms with Crippen LogP contribution in [0.5, 0.6) is 0 Å². The lowest BCUT2D eigenvalue weighted by Gasteiger charge is -2.17. The first kappa shape index (κ1) is 18.3. The number of carbonyl (C=O) groups excluding carboxylic acids is 1. The van der Waals surface area contributed by atoms with Gasteiger partial charge in [-0.1, -0.05) is 38.5 Å². The van der Waals surface area contributed by atoms with Crippen molar-refractivity contribution in [1.29, 1.82) is 0 Å². The second-order valence-corrected chi connectivity index (χ2v) is 7.35. The lowest BCUT2D eigenvalue weighted by atomic mass is 9.99. The third-order valence-corrected chi connectivity index (χ3v) is 5.39. The van der Waals surface area contributed by atoms with Crippen molar-refractivity contribution in [3.05, 3.63) is 60.0 Å². The maximum Gasteiger partial charge on any atom is 0.241 e. The molecule has 5 N–H and O–H groups in total. The number of anilines is 1. The molecule has 2 heterocycles. The highest BCUT2D eigenvalue weighted by Crippen LogP contribution is 2.23. The minimum absolute atomic E-state index is 0.138. The van der Waals surface area contributed by atoms with E-state index in [1.54, 1.807) is 0 Å². The molecule has 6 nitrogen and oxygen atoms in total. The summed E-state index contributed by atoms with van der Waals surface area (Å²) in [4.78, 5) is 23.7. The van der Waals surface area contributed by atoms with E-state index in [9.17, 15) is 4.79 Å². The highest BCUT2D eigenvalue weighted by molar-refractivity contribution is 5.96. The first-order valence-electron chi connectivity index (χ1n) is 9.65. The van der Waals surface area contributed by atoms with Gasteiger partial charge in [0.1, 0.15) is 5.82 Å². The number of para-hydroxylation sites is 1. The number of carbonyl (C=O) groups is 1. The van der Waals surface area contributed by atoms with Crippen molar-refractivity contribution in [2.45, 2.75) is 32.7 Å². The molecule has 0 saturated carbocycles. The number of fused-ring (bicyclic) bond motifs is 2. The average Bonchev–Trinajstić information content (AvgIpc) is 3.30. The van der Waals surface area contributed by atoms with Crippen LogP contribution in [0, 0.1) is 5.92 Å². The molecule has 2 aromatic carbocycles. The molecule has 6 heteroatoms. The number of aromatic nitrogens is 3. The Morgan fingerprint density at radius 1 is 1.21 bits per heavy atom. The van der Waals surface area contributed by atoms with Crippen LogP contribution in [0.25, 0.3) is 21.9 Å². The monoisotopic (exact) mass is 375 g/mol. The van der Waals surface area contributed by atoms with Gasteiger partial charge in [0.15, 0.2) is 0 Å². The number of hydrogen-bond acceptors (Lipinski definition) is 3. The van der Waals surface area contributed by atoms with Gasteiger partial charge in [-0.15, -0.1) is 0 Å². The molecule has 0 aliphatic rings. The predicted octanol–water partition coefficient (Wildman–Crippen LogP) is 3.95. The molecule has 4 aromatic rings. The summed E-state index contributed by atoms with van der Waals surface area (Å²) < 4.78 is 0. The molecule has 0 fully saturated rings. The molecule has 0 aliphatic carbocycles. The molecular weight excluding hydrogens is 350 g/mol. The molecule has 0 saturated heterocycles. The van der Waals surface area contributed by atoms with E-state index in [0.29, 0.717) is 6.42 Å². The van der Waals surface area contributed by atoms with Crippen molar-refractivity contribution in [3.63, 3.8) is 0 Å². The van der Waals surface area contributed by atoms with Gasteiger partial charge in [0, 0.05) is 29.2 Å². The topological polar surface area (TPSA) is 99.6 Å². The summed E-state index contributed by atoms with van der Waals surface area (Å²) in [7, 11) is 0. The first-order valence-corrected chi connectivity index (χ1v) is 9.65. The zero-order valence-corrected chi connectivity index (χ0v) is 16.1. The second-order valence-electron chi connectivity index (χ2n) is 7.35. The van der Waals surface area contributed by atoms with E-state index in [4.69, 9.17) is 5.73 Å². The average molecular weight is 375 g/mol. The van der Waals surface area contributed by atoms with Crippen molar-refractivity contribution in [3.8, 4) is 0 Å². The van der Waals surface area contributed by atoms with Crippen LogP contribution < -0.4 is 11.1 Å². The Labute approximate surface area is 163 Å². The molecule has 2 aromatic heterocycles. The molecule has 0 radical (unpaired) electrons. The van der Waals surface area contributed by atoms with Gasteiger partial charge in [0.25, 0.3) is 0 Å². The van der Waals surface area contributed by atoms with Gasteiger partial charge in [-0.25, -0.2) is 4.98 Å². The zero-order chi connectivity index (χ0) is 19.7. The summed E-state index contributed by atoms with van der Waals surface area (Å²) in [6, 6.07) is 13.4. The smallest absolute Gasteiger partial charge is 0.241 e. The molecule has 0 aliphatic heterocycles. The molecule has 1 amide bonds. The van der Waals surface area contributed by atoms with Crippen LogP contribution in [0.15, 0.2) is 48.7 Å². The Balaban J connectivity index is 1.54.